The Bertz CT molecular complexity index is 540. The van der Waals surface area contributed by atoms with Gasteiger partial charge in [-0.2, -0.15) is 0 Å². The highest BCUT2D eigenvalue weighted by atomic mass is 35.5. The predicted molar refractivity (Wildman–Crippen MR) is 74.5 cm³/mol. The summed E-state index contributed by atoms with van der Waals surface area (Å²) in [6.07, 6.45) is 0. The van der Waals surface area contributed by atoms with E-state index in [1.54, 1.807) is 12.1 Å². The average Bonchev–Trinajstić information content (AvgIpc) is 2.79. The van der Waals surface area contributed by atoms with Gasteiger partial charge in [-0.15, -0.1) is 11.3 Å². The fraction of sp³-hybridized carbons (Fsp3) is 0.308. The van der Waals surface area contributed by atoms with E-state index in [-0.39, 0.29) is 5.02 Å². The number of hydrogen-bond acceptors (Lipinski definition) is 3. The molecule has 0 amide bonds. The first-order valence-electron chi connectivity index (χ1n) is 5.69. The van der Waals surface area contributed by atoms with Gasteiger partial charge in [0.25, 0.3) is 0 Å². The van der Waals surface area contributed by atoms with Crippen LogP contribution in [0.1, 0.15) is 19.5 Å². The molecule has 0 spiro atoms. The number of halogens is 2. The first-order chi connectivity index (χ1) is 8.56. The third-order valence-corrected chi connectivity index (χ3v) is 3.66. The Balaban J connectivity index is 2.16. The summed E-state index contributed by atoms with van der Waals surface area (Å²) in [6.45, 7) is 4.90. The van der Waals surface area contributed by atoms with E-state index >= 15 is 0 Å². The summed E-state index contributed by atoms with van der Waals surface area (Å²) in [6, 6.07) is 5.17. The van der Waals surface area contributed by atoms with Gasteiger partial charge in [0.15, 0.2) is 0 Å². The molecule has 1 aromatic heterocycles. The summed E-state index contributed by atoms with van der Waals surface area (Å²) < 4.78 is 13.4. The van der Waals surface area contributed by atoms with Gasteiger partial charge in [0, 0.05) is 23.5 Å². The Labute approximate surface area is 115 Å². The van der Waals surface area contributed by atoms with Gasteiger partial charge in [0.1, 0.15) is 10.8 Å². The maximum atomic E-state index is 13.4. The standard InChI is InChI=1S/C13H14ClFN2S/c1-8(2)16-6-10-7-18-13(17-10)9-3-4-11(14)12(15)5-9/h3-5,7-8,16H,6H2,1-2H3. The van der Waals surface area contributed by atoms with Crippen LogP contribution < -0.4 is 5.32 Å². The van der Waals surface area contributed by atoms with E-state index in [9.17, 15) is 4.39 Å². The van der Waals surface area contributed by atoms with Crippen molar-refractivity contribution in [3.05, 3.63) is 40.1 Å². The first kappa shape index (κ1) is 13.5. The highest BCUT2D eigenvalue weighted by molar-refractivity contribution is 7.13. The number of aromatic nitrogens is 1. The zero-order valence-electron chi connectivity index (χ0n) is 10.2. The van der Waals surface area contributed by atoms with Crippen LogP contribution in [0.5, 0.6) is 0 Å². The lowest BCUT2D eigenvalue weighted by Crippen LogP contribution is -2.21. The van der Waals surface area contributed by atoms with Crippen LogP contribution in [0, 0.1) is 5.82 Å². The topological polar surface area (TPSA) is 24.9 Å². The van der Waals surface area contributed by atoms with Gasteiger partial charge >= 0.3 is 0 Å². The third kappa shape index (κ3) is 3.28. The lowest BCUT2D eigenvalue weighted by atomic mass is 10.2. The zero-order chi connectivity index (χ0) is 13.1. The quantitative estimate of drug-likeness (QED) is 0.914. The molecule has 1 aromatic carbocycles. The van der Waals surface area contributed by atoms with Crippen molar-refractivity contribution >= 4 is 22.9 Å². The largest absolute Gasteiger partial charge is 0.309 e. The predicted octanol–water partition coefficient (Wildman–Crippen LogP) is 4.10. The molecule has 2 nitrogen and oxygen atoms in total. The molecule has 2 rings (SSSR count). The molecular weight excluding hydrogens is 271 g/mol. The maximum Gasteiger partial charge on any atom is 0.142 e. The van der Waals surface area contributed by atoms with Gasteiger partial charge in [0.05, 0.1) is 10.7 Å². The molecule has 1 heterocycles. The fourth-order valence-corrected chi connectivity index (χ4v) is 2.39. The molecule has 0 aliphatic heterocycles. The lowest BCUT2D eigenvalue weighted by molar-refractivity contribution is 0.583. The summed E-state index contributed by atoms with van der Waals surface area (Å²) in [5.74, 6) is -0.411. The molecule has 2 aromatic rings. The highest BCUT2D eigenvalue weighted by Crippen LogP contribution is 2.27. The molecule has 0 fully saturated rings. The Kier molecular flexibility index (Phi) is 4.32. The Morgan fingerprint density at radius 3 is 2.89 bits per heavy atom. The van der Waals surface area contributed by atoms with Crippen LogP contribution in [0.15, 0.2) is 23.6 Å². The van der Waals surface area contributed by atoms with E-state index < -0.39 is 5.82 Å². The average molecular weight is 285 g/mol. The number of hydrogen-bond donors (Lipinski definition) is 1. The SMILES string of the molecule is CC(C)NCc1csc(-c2ccc(Cl)c(F)c2)n1. The summed E-state index contributed by atoms with van der Waals surface area (Å²) in [4.78, 5) is 4.47. The molecule has 0 radical (unpaired) electrons. The first-order valence-corrected chi connectivity index (χ1v) is 6.95. The molecule has 0 bridgehead atoms. The fourth-order valence-electron chi connectivity index (χ4n) is 1.46. The minimum Gasteiger partial charge on any atom is -0.309 e. The molecular formula is C13H14ClFN2S. The van der Waals surface area contributed by atoms with E-state index in [0.717, 1.165) is 22.8 Å². The highest BCUT2D eigenvalue weighted by Gasteiger charge is 2.08. The van der Waals surface area contributed by atoms with Crippen molar-refractivity contribution in [2.45, 2.75) is 26.4 Å². The monoisotopic (exact) mass is 284 g/mol. The Hall–Kier alpha value is -0.970. The summed E-state index contributed by atoms with van der Waals surface area (Å²) in [5, 5.41) is 6.23. The smallest absolute Gasteiger partial charge is 0.142 e. The van der Waals surface area contributed by atoms with E-state index in [1.807, 2.05) is 5.38 Å². The molecule has 0 unspecified atom stereocenters. The van der Waals surface area contributed by atoms with Crippen molar-refractivity contribution in [1.29, 1.82) is 0 Å². The van der Waals surface area contributed by atoms with Crippen LogP contribution >= 0.6 is 22.9 Å². The van der Waals surface area contributed by atoms with E-state index in [2.05, 4.69) is 24.1 Å². The summed E-state index contributed by atoms with van der Waals surface area (Å²) >= 11 is 7.16. The van der Waals surface area contributed by atoms with Crippen LogP contribution in [0.2, 0.25) is 5.02 Å². The minimum atomic E-state index is -0.411. The van der Waals surface area contributed by atoms with Gasteiger partial charge in [-0.25, -0.2) is 9.37 Å². The van der Waals surface area contributed by atoms with Crippen LogP contribution in [0.4, 0.5) is 4.39 Å². The van der Waals surface area contributed by atoms with Crippen molar-refractivity contribution in [3.8, 4) is 10.6 Å². The number of thiazole rings is 1. The number of benzene rings is 1. The van der Waals surface area contributed by atoms with Crippen molar-refractivity contribution in [2.24, 2.45) is 0 Å². The zero-order valence-corrected chi connectivity index (χ0v) is 11.8. The van der Waals surface area contributed by atoms with E-state index in [0.29, 0.717) is 6.04 Å². The van der Waals surface area contributed by atoms with Crippen LogP contribution in [0.3, 0.4) is 0 Å². The van der Waals surface area contributed by atoms with Crippen LogP contribution in [-0.4, -0.2) is 11.0 Å². The normalized spacial score (nSPS) is 11.2. The molecule has 0 aliphatic rings. The number of rotatable bonds is 4. The second-order valence-electron chi connectivity index (χ2n) is 4.31. The van der Waals surface area contributed by atoms with E-state index in [4.69, 9.17) is 11.6 Å². The second kappa shape index (κ2) is 5.78. The Morgan fingerprint density at radius 1 is 1.44 bits per heavy atom. The van der Waals surface area contributed by atoms with Crippen LogP contribution in [-0.2, 0) is 6.54 Å². The number of nitrogens with zero attached hydrogens (tertiary/aromatic N) is 1. The molecule has 5 heteroatoms. The van der Waals surface area contributed by atoms with Crippen molar-refractivity contribution in [2.75, 3.05) is 0 Å². The van der Waals surface area contributed by atoms with Gasteiger partial charge in [-0.3, -0.25) is 0 Å². The maximum absolute atomic E-state index is 13.4. The van der Waals surface area contributed by atoms with Crippen molar-refractivity contribution < 1.29 is 4.39 Å². The second-order valence-corrected chi connectivity index (χ2v) is 5.57. The van der Waals surface area contributed by atoms with Gasteiger partial charge in [0.2, 0.25) is 0 Å². The molecule has 96 valence electrons. The lowest BCUT2D eigenvalue weighted by Gasteiger charge is -2.04. The molecule has 18 heavy (non-hydrogen) atoms. The molecule has 0 saturated heterocycles. The van der Waals surface area contributed by atoms with Gasteiger partial charge < -0.3 is 5.32 Å². The van der Waals surface area contributed by atoms with E-state index in [1.165, 1.54) is 17.4 Å². The molecule has 1 N–H and O–H groups in total. The number of nitrogens with one attached hydrogen (secondary N) is 1. The molecule has 0 aliphatic carbocycles. The molecule has 0 atom stereocenters. The summed E-state index contributed by atoms with van der Waals surface area (Å²) in [5.41, 5.74) is 1.73. The van der Waals surface area contributed by atoms with Gasteiger partial charge in [-0.1, -0.05) is 31.5 Å². The van der Waals surface area contributed by atoms with Gasteiger partial charge in [-0.05, 0) is 12.1 Å². The van der Waals surface area contributed by atoms with Crippen LogP contribution in [0.25, 0.3) is 10.6 Å². The van der Waals surface area contributed by atoms with Crippen molar-refractivity contribution in [3.63, 3.8) is 0 Å². The molecule has 0 saturated carbocycles. The minimum absolute atomic E-state index is 0.136. The van der Waals surface area contributed by atoms with Crippen molar-refractivity contribution in [1.82, 2.24) is 10.3 Å². The Morgan fingerprint density at radius 2 is 2.22 bits per heavy atom. The third-order valence-electron chi connectivity index (χ3n) is 2.41. The summed E-state index contributed by atoms with van der Waals surface area (Å²) in [7, 11) is 0.